The number of hydrogen-bond donors (Lipinski definition) is 2. The zero-order valence-electron chi connectivity index (χ0n) is 15.6. The van der Waals surface area contributed by atoms with Crippen molar-refractivity contribution in [3.8, 4) is 22.6 Å². The van der Waals surface area contributed by atoms with Crippen LogP contribution in [0.25, 0.3) is 11.1 Å². The fraction of sp³-hybridized carbons (Fsp3) is 0.100. The van der Waals surface area contributed by atoms with E-state index in [1.165, 1.54) is 0 Å². The Balaban J connectivity index is 0.000000232. The van der Waals surface area contributed by atoms with Crippen molar-refractivity contribution in [3.63, 3.8) is 0 Å². The van der Waals surface area contributed by atoms with Gasteiger partial charge in [-0.15, -0.1) is 0 Å². The molecule has 0 saturated heterocycles. The minimum atomic E-state index is 0.175. The average molecular weight is 417 g/mol. The predicted molar refractivity (Wildman–Crippen MR) is 102 cm³/mol. The van der Waals surface area contributed by atoms with E-state index in [2.05, 4.69) is 9.97 Å². The van der Waals surface area contributed by atoms with Gasteiger partial charge in [0, 0.05) is 50.0 Å². The Labute approximate surface area is 173 Å². The number of phenols is 2. The number of hydrogen-bond acceptors (Lipinski definition) is 5. The van der Waals surface area contributed by atoms with Gasteiger partial charge in [-0.3, -0.25) is 0 Å². The third kappa shape index (κ3) is 8.03. The minimum absolute atomic E-state index is 0.175. The normalized spacial score (nSPS) is 8.89. The Morgan fingerprint density at radius 3 is 1.29 bits per heavy atom. The molecule has 0 unspecified atom stereocenters. The van der Waals surface area contributed by atoms with Crippen LogP contribution >= 0.6 is 0 Å². The standard InChI is InChI=1S/C12H10O2.2C4H6N2.O.V/c13-11-7-3-1-5-9(11)10-6-2-4-8-12(10)14;2*1-6-3-2-5-4-6;;/h1-8,13-14H;2*2-4H,1H3;;. The third-order valence-corrected chi connectivity index (χ3v) is 3.37. The molecule has 145 valence electrons. The first-order valence-electron chi connectivity index (χ1n) is 8.16. The summed E-state index contributed by atoms with van der Waals surface area (Å²) in [6.07, 6.45) is 10.8. The van der Waals surface area contributed by atoms with E-state index in [-0.39, 0.29) is 11.5 Å². The van der Waals surface area contributed by atoms with Gasteiger partial charge in [0.15, 0.2) is 0 Å². The number of rotatable bonds is 1. The van der Waals surface area contributed by atoms with Crippen LogP contribution < -0.4 is 0 Å². The van der Waals surface area contributed by atoms with Gasteiger partial charge < -0.3 is 19.3 Å². The fourth-order valence-electron chi connectivity index (χ4n) is 2.05. The van der Waals surface area contributed by atoms with Crippen LogP contribution in [0.3, 0.4) is 0 Å². The summed E-state index contributed by atoms with van der Waals surface area (Å²) in [7, 11) is 3.88. The summed E-state index contributed by atoms with van der Waals surface area (Å²) in [5.74, 6) is 0.350. The molecule has 0 radical (unpaired) electrons. The third-order valence-electron chi connectivity index (χ3n) is 3.37. The van der Waals surface area contributed by atoms with E-state index in [4.69, 9.17) is 3.67 Å². The second-order valence-corrected chi connectivity index (χ2v) is 5.49. The number of aromatic hydroxyl groups is 2. The first-order valence-corrected chi connectivity index (χ1v) is 8.73. The van der Waals surface area contributed by atoms with Crippen LogP contribution in [0, 0.1) is 0 Å². The van der Waals surface area contributed by atoms with Gasteiger partial charge in [0.2, 0.25) is 0 Å². The molecular weight excluding hydrogens is 395 g/mol. The van der Waals surface area contributed by atoms with Crippen LogP contribution in [0.15, 0.2) is 86.0 Å². The van der Waals surface area contributed by atoms with Crippen molar-refractivity contribution < 1.29 is 31.3 Å². The SMILES string of the molecule is Cn1ccnc1.Cn1ccnc1.Oc1ccccc1-c1ccccc1O.[O]=[V]. The van der Waals surface area contributed by atoms with Gasteiger partial charge in [-0.2, -0.15) is 0 Å². The van der Waals surface area contributed by atoms with E-state index in [1.54, 1.807) is 61.4 Å². The molecule has 0 atom stereocenters. The van der Waals surface area contributed by atoms with E-state index in [0.717, 1.165) is 17.4 Å². The number of benzene rings is 2. The van der Waals surface area contributed by atoms with E-state index in [0.29, 0.717) is 11.1 Å². The average Bonchev–Trinajstić information content (AvgIpc) is 3.39. The molecule has 0 aliphatic heterocycles. The molecule has 0 amide bonds. The molecule has 0 saturated carbocycles. The van der Waals surface area contributed by atoms with E-state index < -0.39 is 0 Å². The van der Waals surface area contributed by atoms with Crippen molar-refractivity contribution in [3.05, 3.63) is 86.0 Å². The van der Waals surface area contributed by atoms with Crippen molar-refractivity contribution in [2.24, 2.45) is 14.1 Å². The maximum atomic E-state index is 9.58. The van der Waals surface area contributed by atoms with Gasteiger partial charge in [0.05, 0.1) is 12.7 Å². The van der Waals surface area contributed by atoms with E-state index in [1.807, 2.05) is 47.8 Å². The number of imidazole rings is 2. The Morgan fingerprint density at radius 2 is 1.07 bits per heavy atom. The molecule has 2 heterocycles. The molecule has 0 bridgehead atoms. The number of para-hydroxylation sites is 2. The zero-order chi connectivity index (χ0) is 20.8. The molecule has 28 heavy (non-hydrogen) atoms. The maximum absolute atomic E-state index is 9.58. The van der Waals surface area contributed by atoms with Crippen LogP contribution in [0.4, 0.5) is 0 Å². The number of nitrogens with zero attached hydrogens (tertiary/aromatic N) is 4. The summed E-state index contributed by atoms with van der Waals surface area (Å²) in [4.78, 5) is 7.57. The molecule has 0 fully saturated rings. The Hall–Kier alpha value is -3.16. The van der Waals surface area contributed by atoms with Crippen molar-refractivity contribution in [2.75, 3.05) is 0 Å². The molecule has 2 N–H and O–H groups in total. The quantitative estimate of drug-likeness (QED) is 0.495. The monoisotopic (exact) mass is 417 g/mol. The molecule has 0 spiro atoms. The van der Waals surface area contributed by atoms with Gasteiger partial charge in [0.25, 0.3) is 0 Å². The van der Waals surface area contributed by atoms with Crippen molar-refractivity contribution in [2.45, 2.75) is 0 Å². The van der Waals surface area contributed by atoms with Crippen LogP contribution in [0.1, 0.15) is 0 Å². The van der Waals surface area contributed by atoms with Crippen molar-refractivity contribution in [1.29, 1.82) is 0 Å². The van der Waals surface area contributed by atoms with E-state index >= 15 is 0 Å². The second kappa shape index (κ2) is 13.1. The topological polar surface area (TPSA) is 93.2 Å². The van der Waals surface area contributed by atoms with Crippen molar-refractivity contribution >= 4 is 0 Å². The van der Waals surface area contributed by atoms with Crippen LogP contribution in [-0.4, -0.2) is 29.3 Å². The summed E-state index contributed by atoms with van der Waals surface area (Å²) < 4.78 is 12.0. The molecule has 7 nitrogen and oxygen atoms in total. The summed E-state index contributed by atoms with van der Waals surface area (Å²) in [5, 5.41) is 19.2. The Kier molecular flexibility index (Phi) is 10.7. The molecule has 0 aliphatic carbocycles. The van der Waals surface area contributed by atoms with Crippen LogP contribution in [0.2, 0.25) is 0 Å². The summed E-state index contributed by atoms with van der Waals surface area (Å²) in [5.41, 5.74) is 1.29. The van der Waals surface area contributed by atoms with Gasteiger partial charge in [-0.1, -0.05) is 36.4 Å². The Morgan fingerprint density at radius 1 is 0.714 bits per heavy atom. The second-order valence-electron chi connectivity index (χ2n) is 5.49. The van der Waals surface area contributed by atoms with Crippen LogP contribution in [-0.2, 0) is 35.1 Å². The molecule has 2 aromatic heterocycles. The van der Waals surface area contributed by atoms with Gasteiger partial charge in [-0.25, -0.2) is 9.97 Å². The number of aromatic nitrogens is 4. The van der Waals surface area contributed by atoms with Gasteiger partial charge in [-0.05, 0) is 12.1 Å². The zero-order valence-corrected chi connectivity index (χ0v) is 17.0. The molecule has 0 aliphatic rings. The summed E-state index contributed by atoms with van der Waals surface area (Å²) >= 11 is 1.06. The molecule has 4 rings (SSSR count). The first-order chi connectivity index (χ1) is 13.6. The van der Waals surface area contributed by atoms with Crippen molar-refractivity contribution in [1.82, 2.24) is 19.1 Å². The number of aryl methyl sites for hydroxylation is 2. The Bertz CT molecular complexity index is 837. The van der Waals surface area contributed by atoms with Gasteiger partial charge in [0.1, 0.15) is 11.5 Å². The molecular formula is C20H22N4O3V. The molecule has 4 aromatic rings. The predicted octanol–water partition coefficient (Wildman–Crippen LogP) is 3.48. The fourth-order valence-corrected chi connectivity index (χ4v) is 2.05. The summed E-state index contributed by atoms with van der Waals surface area (Å²) in [6, 6.07) is 13.9. The van der Waals surface area contributed by atoms with E-state index in [9.17, 15) is 10.2 Å². The van der Waals surface area contributed by atoms with Gasteiger partial charge >= 0.3 is 21.0 Å². The molecule has 2 aromatic carbocycles. The summed E-state index contributed by atoms with van der Waals surface area (Å²) in [6.45, 7) is 0. The molecule has 8 heteroatoms. The number of phenolic OH excluding ortho intramolecular Hbond substituents is 2. The first kappa shape index (κ1) is 22.9. The van der Waals surface area contributed by atoms with Crippen LogP contribution in [0.5, 0.6) is 11.5 Å².